The summed E-state index contributed by atoms with van der Waals surface area (Å²) in [6.07, 6.45) is 7.15. The first-order valence-electron chi connectivity index (χ1n) is 12.2. The van der Waals surface area contributed by atoms with Gasteiger partial charge in [-0.25, -0.2) is 4.79 Å². The second kappa shape index (κ2) is 12.1. The van der Waals surface area contributed by atoms with Crippen molar-refractivity contribution >= 4 is 17.6 Å². The number of rotatable bonds is 8. The van der Waals surface area contributed by atoms with Crippen molar-refractivity contribution in [1.82, 2.24) is 0 Å². The van der Waals surface area contributed by atoms with E-state index in [1.807, 2.05) is 48.5 Å². The van der Waals surface area contributed by atoms with Gasteiger partial charge in [-0.1, -0.05) is 73.9 Å². The van der Waals surface area contributed by atoms with Gasteiger partial charge in [0.25, 0.3) is 5.91 Å². The van der Waals surface area contributed by atoms with Gasteiger partial charge < -0.3 is 19.9 Å². The Balaban J connectivity index is 1.58. The summed E-state index contributed by atoms with van der Waals surface area (Å²) in [5, 5.41) is 12.2. The van der Waals surface area contributed by atoms with Crippen LogP contribution in [0.2, 0.25) is 0 Å². The molecule has 182 valence electrons. The van der Waals surface area contributed by atoms with Gasteiger partial charge in [0, 0.05) is 5.56 Å². The highest BCUT2D eigenvalue weighted by Crippen LogP contribution is 2.34. The lowest BCUT2D eigenvalue weighted by Crippen LogP contribution is -2.27. The van der Waals surface area contributed by atoms with Gasteiger partial charge >= 0.3 is 5.97 Å². The Bertz CT molecular complexity index is 1120. The second-order valence-corrected chi connectivity index (χ2v) is 8.78. The highest BCUT2D eigenvalue weighted by molar-refractivity contribution is 6.02. The van der Waals surface area contributed by atoms with Crippen LogP contribution in [0.5, 0.6) is 11.5 Å². The third-order valence-electron chi connectivity index (χ3n) is 6.20. The lowest BCUT2D eigenvalue weighted by molar-refractivity contribution is -0.123. The first-order chi connectivity index (χ1) is 17.1. The molecule has 4 rings (SSSR count). The van der Waals surface area contributed by atoms with E-state index in [2.05, 4.69) is 5.32 Å². The molecular weight excluding hydrogens is 442 g/mol. The van der Waals surface area contributed by atoms with Gasteiger partial charge in [0.2, 0.25) is 6.10 Å². The third-order valence-corrected chi connectivity index (χ3v) is 6.20. The van der Waals surface area contributed by atoms with E-state index < -0.39 is 18.0 Å². The molecule has 0 saturated heterocycles. The van der Waals surface area contributed by atoms with Gasteiger partial charge in [0.1, 0.15) is 0 Å². The number of carbonyl (C=O) groups excluding carboxylic acids is 1. The zero-order valence-corrected chi connectivity index (χ0v) is 19.7. The number of carbonyl (C=O) groups is 2. The minimum absolute atomic E-state index is 0.0145. The van der Waals surface area contributed by atoms with Crippen LogP contribution in [0.3, 0.4) is 0 Å². The molecule has 3 aromatic carbocycles. The van der Waals surface area contributed by atoms with Gasteiger partial charge in [-0.3, -0.25) is 4.79 Å². The molecule has 0 radical (unpaired) electrons. The minimum Gasteiger partial charge on any atom is -0.487 e. The smallest absolute Gasteiger partial charge is 0.337 e. The summed E-state index contributed by atoms with van der Waals surface area (Å²) in [4.78, 5) is 25.0. The molecule has 0 aromatic heterocycles. The van der Waals surface area contributed by atoms with Crippen LogP contribution in [-0.2, 0) is 4.79 Å². The SMILES string of the molecule is O=C(O)c1ccccc1NC(=O)C(Oc1ccccc1OC1CCCCCCC1)c1ccccc1. The highest BCUT2D eigenvalue weighted by Gasteiger charge is 2.26. The molecule has 0 spiro atoms. The van der Waals surface area contributed by atoms with Gasteiger partial charge in [-0.2, -0.15) is 0 Å². The number of carboxylic acids is 1. The Kier molecular flexibility index (Phi) is 8.39. The molecule has 0 aliphatic heterocycles. The van der Waals surface area contributed by atoms with Crippen LogP contribution in [-0.4, -0.2) is 23.1 Å². The molecule has 1 unspecified atom stereocenters. The lowest BCUT2D eigenvalue weighted by Gasteiger charge is -2.25. The normalized spacial score (nSPS) is 15.3. The molecular formula is C29H31NO5. The first-order valence-corrected chi connectivity index (χ1v) is 12.2. The van der Waals surface area contributed by atoms with E-state index in [9.17, 15) is 14.7 Å². The fourth-order valence-corrected chi connectivity index (χ4v) is 4.37. The molecule has 0 heterocycles. The Morgan fingerprint density at radius 3 is 2.09 bits per heavy atom. The second-order valence-electron chi connectivity index (χ2n) is 8.78. The van der Waals surface area contributed by atoms with Gasteiger partial charge in [-0.15, -0.1) is 0 Å². The van der Waals surface area contributed by atoms with Crippen molar-refractivity contribution in [1.29, 1.82) is 0 Å². The van der Waals surface area contributed by atoms with Gasteiger partial charge in [0.15, 0.2) is 11.5 Å². The summed E-state index contributed by atoms with van der Waals surface area (Å²) in [6.45, 7) is 0. The number of aromatic carboxylic acids is 1. The average molecular weight is 474 g/mol. The van der Waals surface area contributed by atoms with E-state index in [1.165, 1.54) is 25.3 Å². The summed E-state index contributed by atoms with van der Waals surface area (Å²) in [5.41, 5.74) is 0.882. The first kappa shape index (κ1) is 24.3. The standard InChI is InChI=1S/C29H31NO5/c31-28(30-24-18-10-9-17-23(24)29(32)33)27(21-13-5-4-6-14-21)35-26-20-12-11-19-25(26)34-22-15-7-2-1-3-8-16-22/h4-6,9-14,17-20,22,27H,1-3,7-8,15-16H2,(H,30,31)(H,32,33). The summed E-state index contributed by atoms with van der Waals surface area (Å²) in [5.74, 6) is -0.496. The third kappa shape index (κ3) is 6.63. The Morgan fingerprint density at radius 1 is 0.771 bits per heavy atom. The number of ether oxygens (including phenoxy) is 2. The Hall–Kier alpha value is -3.80. The van der Waals surface area contributed by atoms with Crippen molar-refractivity contribution in [2.24, 2.45) is 0 Å². The van der Waals surface area contributed by atoms with Crippen LogP contribution in [0, 0.1) is 0 Å². The predicted octanol–water partition coefficient (Wildman–Crippen LogP) is 6.64. The van der Waals surface area contributed by atoms with Crippen molar-refractivity contribution in [3.63, 3.8) is 0 Å². The van der Waals surface area contributed by atoms with Gasteiger partial charge in [0.05, 0.1) is 17.4 Å². The largest absolute Gasteiger partial charge is 0.487 e. The molecule has 6 nitrogen and oxygen atoms in total. The molecule has 0 bridgehead atoms. The fourth-order valence-electron chi connectivity index (χ4n) is 4.37. The van der Waals surface area contributed by atoms with E-state index in [-0.39, 0.29) is 17.4 Å². The molecule has 1 amide bonds. The van der Waals surface area contributed by atoms with Crippen molar-refractivity contribution < 1.29 is 24.2 Å². The molecule has 3 aromatic rings. The topological polar surface area (TPSA) is 84.9 Å². The lowest BCUT2D eigenvalue weighted by atomic mass is 9.98. The number of amides is 1. The van der Waals surface area contributed by atoms with Crippen LogP contribution < -0.4 is 14.8 Å². The highest BCUT2D eigenvalue weighted by atomic mass is 16.5. The number of anilines is 1. The van der Waals surface area contributed by atoms with E-state index in [4.69, 9.17) is 9.47 Å². The number of para-hydroxylation sites is 3. The molecule has 1 aliphatic carbocycles. The Labute approximate surface area is 205 Å². The fraction of sp³-hybridized carbons (Fsp3) is 0.310. The maximum atomic E-state index is 13.4. The number of hydrogen-bond donors (Lipinski definition) is 2. The molecule has 1 fully saturated rings. The molecule has 1 saturated carbocycles. The van der Waals surface area contributed by atoms with E-state index >= 15 is 0 Å². The van der Waals surface area contributed by atoms with Gasteiger partial charge in [-0.05, 0) is 49.9 Å². The van der Waals surface area contributed by atoms with Crippen molar-refractivity contribution in [3.05, 3.63) is 90.0 Å². The predicted molar refractivity (Wildman–Crippen MR) is 135 cm³/mol. The zero-order valence-electron chi connectivity index (χ0n) is 19.7. The van der Waals surface area contributed by atoms with Crippen molar-refractivity contribution in [3.8, 4) is 11.5 Å². The van der Waals surface area contributed by atoms with Crippen LogP contribution in [0.1, 0.15) is 67.0 Å². The quantitative estimate of drug-likeness (QED) is 0.383. The molecule has 35 heavy (non-hydrogen) atoms. The summed E-state index contributed by atoms with van der Waals surface area (Å²) >= 11 is 0. The molecule has 1 aliphatic rings. The number of hydrogen-bond acceptors (Lipinski definition) is 4. The number of carboxylic acid groups (broad SMARTS) is 1. The molecule has 6 heteroatoms. The average Bonchev–Trinajstić information content (AvgIpc) is 2.85. The van der Waals surface area contributed by atoms with E-state index in [0.29, 0.717) is 17.1 Å². The Morgan fingerprint density at radius 2 is 1.37 bits per heavy atom. The van der Waals surface area contributed by atoms with E-state index in [1.54, 1.807) is 24.3 Å². The van der Waals surface area contributed by atoms with Crippen LogP contribution in [0.15, 0.2) is 78.9 Å². The van der Waals surface area contributed by atoms with Crippen molar-refractivity contribution in [2.75, 3.05) is 5.32 Å². The van der Waals surface area contributed by atoms with Crippen LogP contribution >= 0.6 is 0 Å². The summed E-state index contributed by atoms with van der Waals surface area (Å²) in [6, 6.07) is 22.9. The minimum atomic E-state index is -1.11. The molecule has 1 atom stereocenters. The van der Waals surface area contributed by atoms with Crippen LogP contribution in [0.4, 0.5) is 5.69 Å². The summed E-state index contributed by atoms with van der Waals surface area (Å²) in [7, 11) is 0. The summed E-state index contributed by atoms with van der Waals surface area (Å²) < 4.78 is 12.7. The number of nitrogens with one attached hydrogen (secondary N) is 1. The molecule has 2 N–H and O–H groups in total. The van der Waals surface area contributed by atoms with Crippen LogP contribution in [0.25, 0.3) is 0 Å². The number of benzene rings is 3. The maximum Gasteiger partial charge on any atom is 0.337 e. The maximum absolute atomic E-state index is 13.4. The van der Waals surface area contributed by atoms with E-state index in [0.717, 1.165) is 25.7 Å². The van der Waals surface area contributed by atoms with Crippen molar-refractivity contribution in [2.45, 2.75) is 57.2 Å². The zero-order chi connectivity index (χ0) is 24.5. The monoisotopic (exact) mass is 473 g/mol.